The summed E-state index contributed by atoms with van der Waals surface area (Å²) in [6.07, 6.45) is 4.95. The molecule has 166 valence electrons. The Bertz CT molecular complexity index is 1170. The maximum atomic E-state index is 14.4. The van der Waals surface area contributed by atoms with Gasteiger partial charge in [-0.2, -0.15) is 15.3 Å². The fourth-order valence-corrected chi connectivity index (χ4v) is 5.84. The average molecular weight is 437 g/mol. The standard InChI is InChI=1S/C24H25F2N5O/c1-4-31(22(32)14-11-27-28-12-14)13-24-9-8-16(23(24,2)3)15-10-19(29-30-21(15)24)20-17(25)6-5-7-18(20)26/h5-7,10-12,16H,4,8-9,13H2,1-3H3,(H,27,28)/t16-,24-/m0/s1. The fraction of sp³-hybridized carbons (Fsp3) is 0.417. The van der Waals surface area contributed by atoms with E-state index in [1.165, 1.54) is 24.4 Å². The van der Waals surface area contributed by atoms with Crippen LogP contribution in [0.2, 0.25) is 0 Å². The molecule has 2 atom stereocenters. The van der Waals surface area contributed by atoms with Crippen LogP contribution in [0.4, 0.5) is 8.78 Å². The van der Waals surface area contributed by atoms with Crippen molar-refractivity contribution in [3.8, 4) is 11.3 Å². The zero-order chi connectivity index (χ0) is 22.7. The van der Waals surface area contributed by atoms with E-state index < -0.39 is 11.6 Å². The molecule has 1 aromatic carbocycles. The number of halogens is 2. The predicted molar refractivity (Wildman–Crippen MR) is 115 cm³/mol. The third kappa shape index (κ3) is 2.74. The number of benzene rings is 1. The van der Waals surface area contributed by atoms with E-state index in [0.29, 0.717) is 18.7 Å². The van der Waals surface area contributed by atoms with Crippen LogP contribution in [0.15, 0.2) is 36.7 Å². The number of likely N-dealkylation sites (N-methyl/N-ethyl adjacent to an activating group) is 1. The number of hydrogen-bond donors (Lipinski definition) is 1. The van der Waals surface area contributed by atoms with Gasteiger partial charge in [-0.15, -0.1) is 0 Å². The SMILES string of the molecule is CCN(C[C@@]12CC[C@@H](c3cc(-c4c(F)cccc4F)nnc31)C2(C)C)C(=O)c1cn[nH]c1. The first kappa shape index (κ1) is 20.7. The molecule has 0 aliphatic heterocycles. The van der Waals surface area contributed by atoms with E-state index in [9.17, 15) is 13.6 Å². The quantitative estimate of drug-likeness (QED) is 0.639. The molecule has 2 aliphatic carbocycles. The minimum Gasteiger partial charge on any atom is -0.338 e. The largest absolute Gasteiger partial charge is 0.338 e. The third-order valence-corrected chi connectivity index (χ3v) is 7.71. The molecule has 0 spiro atoms. The highest BCUT2D eigenvalue weighted by Crippen LogP contribution is 2.67. The van der Waals surface area contributed by atoms with Crippen molar-refractivity contribution in [2.75, 3.05) is 13.1 Å². The molecule has 5 rings (SSSR count). The van der Waals surface area contributed by atoms with E-state index in [4.69, 9.17) is 0 Å². The molecule has 1 amide bonds. The topological polar surface area (TPSA) is 74.8 Å². The molecule has 1 N–H and O–H groups in total. The Morgan fingerprint density at radius 3 is 2.66 bits per heavy atom. The van der Waals surface area contributed by atoms with E-state index in [-0.39, 0.29) is 33.9 Å². The predicted octanol–water partition coefficient (Wildman–Crippen LogP) is 4.46. The van der Waals surface area contributed by atoms with Gasteiger partial charge in [-0.25, -0.2) is 8.78 Å². The zero-order valence-corrected chi connectivity index (χ0v) is 18.3. The number of fused-ring (bicyclic) bond motifs is 5. The molecular formula is C24H25F2N5O. The lowest BCUT2D eigenvalue weighted by molar-refractivity contribution is 0.0652. The summed E-state index contributed by atoms with van der Waals surface area (Å²) >= 11 is 0. The summed E-state index contributed by atoms with van der Waals surface area (Å²) in [5.74, 6) is -1.20. The fourth-order valence-electron chi connectivity index (χ4n) is 5.84. The second-order valence-corrected chi connectivity index (χ2v) is 9.33. The Labute approximate surface area is 185 Å². The van der Waals surface area contributed by atoms with Crippen molar-refractivity contribution in [3.05, 3.63) is 65.1 Å². The summed E-state index contributed by atoms with van der Waals surface area (Å²) in [5.41, 5.74) is 1.86. The molecule has 0 radical (unpaired) electrons. The maximum Gasteiger partial charge on any atom is 0.257 e. The summed E-state index contributed by atoms with van der Waals surface area (Å²) in [6, 6.07) is 5.59. The molecule has 32 heavy (non-hydrogen) atoms. The van der Waals surface area contributed by atoms with Crippen LogP contribution in [0.3, 0.4) is 0 Å². The van der Waals surface area contributed by atoms with Crippen LogP contribution in [0.1, 0.15) is 61.1 Å². The van der Waals surface area contributed by atoms with Gasteiger partial charge in [0.05, 0.1) is 28.7 Å². The van der Waals surface area contributed by atoms with Crippen LogP contribution < -0.4 is 0 Å². The van der Waals surface area contributed by atoms with Gasteiger partial charge in [0.2, 0.25) is 0 Å². The van der Waals surface area contributed by atoms with Gasteiger partial charge in [0.15, 0.2) is 0 Å². The summed E-state index contributed by atoms with van der Waals surface area (Å²) in [4.78, 5) is 14.9. The van der Waals surface area contributed by atoms with Crippen LogP contribution in [0, 0.1) is 17.0 Å². The van der Waals surface area contributed by atoms with Gasteiger partial charge in [-0.05, 0) is 54.9 Å². The molecule has 2 bridgehead atoms. The third-order valence-electron chi connectivity index (χ3n) is 7.71. The Morgan fingerprint density at radius 1 is 1.25 bits per heavy atom. The van der Waals surface area contributed by atoms with E-state index >= 15 is 0 Å². The summed E-state index contributed by atoms with van der Waals surface area (Å²) < 4.78 is 28.8. The van der Waals surface area contributed by atoms with Crippen molar-refractivity contribution in [1.29, 1.82) is 0 Å². The maximum absolute atomic E-state index is 14.4. The van der Waals surface area contributed by atoms with Gasteiger partial charge in [0.1, 0.15) is 11.6 Å². The normalized spacial score (nSPS) is 22.7. The van der Waals surface area contributed by atoms with Gasteiger partial charge < -0.3 is 4.90 Å². The molecule has 1 saturated carbocycles. The van der Waals surface area contributed by atoms with Gasteiger partial charge in [-0.1, -0.05) is 19.9 Å². The summed E-state index contributed by atoms with van der Waals surface area (Å²) in [6.45, 7) is 7.41. The Hall–Kier alpha value is -3.16. The number of amides is 1. The van der Waals surface area contributed by atoms with Crippen molar-refractivity contribution >= 4 is 5.91 Å². The van der Waals surface area contributed by atoms with E-state index in [1.54, 1.807) is 12.3 Å². The van der Waals surface area contributed by atoms with Crippen molar-refractivity contribution in [2.24, 2.45) is 5.41 Å². The van der Waals surface area contributed by atoms with Crippen LogP contribution in [-0.2, 0) is 5.41 Å². The Morgan fingerprint density at radius 2 is 2.00 bits per heavy atom. The number of nitrogens with zero attached hydrogens (tertiary/aromatic N) is 4. The number of nitrogens with one attached hydrogen (secondary N) is 1. The minimum atomic E-state index is -0.653. The van der Waals surface area contributed by atoms with Crippen molar-refractivity contribution in [3.63, 3.8) is 0 Å². The Kier molecular flexibility index (Phi) is 4.65. The number of carbonyl (C=O) groups is 1. The first-order chi connectivity index (χ1) is 15.3. The van der Waals surface area contributed by atoms with Crippen molar-refractivity contribution in [1.82, 2.24) is 25.3 Å². The van der Waals surface area contributed by atoms with Crippen LogP contribution in [0.25, 0.3) is 11.3 Å². The Balaban J connectivity index is 1.57. The number of aromatic nitrogens is 4. The average Bonchev–Trinajstić information content (AvgIpc) is 3.43. The number of H-pyrrole nitrogens is 1. The second kappa shape index (κ2) is 7.18. The smallest absolute Gasteiger partial charge is 0.257 e. The number of aromatic amines is 1. The molecule has 2 heterocycles. The minimum absolute atomic E-state index is 0.0821. The molecule has 8 heteroatoms. The highest BCUT2D eigenvalue weighted by Gasteiger charge is 2.64. The molecule has 2 aliphatic rings. The molecule has 1 fully saturated rings. The van der Waals surface area contributed by atoms with Crippen LogP contribution in [0.5, 0.6) is 0 Å². The number of rotatable bonds is 5. The lowest BCUT2D eigenvalue weighted by atomic mass is 9.68. The first-order valence-electron chi connectivity index (χ1n) is 10.9. The van der Waals surface area contributed by atoms with Crippen molar-refractivity contribution < 1.29 is 13.6 Å². The highest BCUT2D eigenvalue weighted by atomic mass is 19.1. The van der Waals surface area contributed by atoms with E-state index in [1.807, 2.05) is 11.8 Å². The second-order valence-electron chi connectivity index (χ2n) is 9.33. The lowest BCUT2D eigenvalue weighted by Gasteiger charge is -2.41. The zero-order valence-electron chi connectivity index (χ0n) is 18.3. The number of carbonyl (C=O) groups excluding carboxylic acids is 1. The summed E-state index contributed by atoms with van der Waals surface area (Å²) in [7, 11) is 0. The number of hydrogen-bond acceptors (Lipinski definition) is 4. The van der Waals surface area contributed by atoms with E-state index in [0.717, 1.165) is 24.1 Å². The summed E-state index contributed by atoms with van der Waals surface area (Å²) in [5, 5.41) is 15.4. The van der Waals surface area contributed by atoms with Gasteiger partial charge in [0, 0.05) is 24.7 Å². The molecule has 6 nitrogen and oxygen atoms in total. The lowest BCUT2D eigenvalue weighted by Crippen LogP contribution is -2.48. The molecule has 0 saturated heterocycles. The van der Waals surface area contributed by atoms with E-state index in [2.05, 4.69) is 34.2 Å². The molecule has 2 aromatic heterocycles. The highest BCUT2D eigenvalue weighted by molar-refractivity contribution is 5.93. The van der Waals surface area contributed by atoms with Gasteiger partial charge in [-0.3, -0.25) is 9.89 Å². The van der Waals surface area contributed by atoms with Gasteiger partial charge in [0.25, 0.3) is 5.91 Å². The first-order valence-corrected chi connectivity index (χ1v) is 10.9. The van der Waals surface area contributed by atoms with Crippen LogP contribution in [-0.4, -0.2) is 44.3 Å². The monoisotopic (exact) mass is 437 g/mol. The van der Waals surface area contributed by atoms with Gasteiger partial charge >= 0.3 is 0 Å². The van der Waals surface area contributed by atoms with Crippen LogP contribution >= 0.6 is 0 Å². The molecule has 0 unspecified atom stereocenters. The van der Waals surface area contributed by atoms with Crippen molar-refractivity contribution in [2.45, 2.75) is 44.9 Å². The molecular weight excluding hydrogens is 412 g/mol. The molecule has 3 aromatic rings.